The number of halogens is 1. The zero-order valence-electron chi connectivity index (χ0n) is 12.6. The van der Waals surface area contributed by atoms with Gasteiger partial charge in [-0.05, 0) is 41.6 Å². The van der Waals surface area contributed by atoms with Crippen LogP contribution >= 0.6 is 11.3 Å². The molecule has 2 aromatic rings. The van der Waals surface area contributed by atoms with Gasteiger partial charge in [0.15, 0.2) is 0 Å². The van der Waals surface area contributed by atoms with Gasteiger partial charge in [0.05, 0.1) is 12.2 Å². The highest BCUT2D eigenvalue weighted by molar-refractivity contribution is 7.91. The largest absolute Gasteiger partial charge is 0.322 e. The summed E-state index contributed by atoms with van der Waals surface area (Å²) in [5.41, 5.74) is 1.52. The Hall–Kier alpha value is -1.81. The first-order chi connectivity index (χ1) is 11.5. The van der Waals surface area contributed by atoms with Crippen LogP contribution in [-0.4, -0.2) is 27.4 Å². The number of sulfonamides is 1. The topological polar surface area (TPSA) is 87.3 Å². The molecule has 0 spiro atoms. The van der Waals surface area contributed by atoms with E-state index in [1.807, 2.05) is 0 Å². The fraction of sp³-hybridized carbons (Fsp3) is 0.267. The summed E-state index contributed by atoms with van der Waals surface area (Å²) in [6, 6.07) is 6.31. The van der Waals surface area contributed by atoms with Gasteiger partial charge in [0.2, 0.25) is 5.91 Å². The molecule has 0 fully saturated rings. The highest BCUT2D eigenvalue weighted by Crippen LogP contribution is 2.24. The molecular formula is C15H16FN3O3S2. The maximum Gasteiger partial charge on any atom is 0.250 e. The molecule has 0 radical (unpaired) electrons. The third-order valence-electron chi connectivity index (χ3n) is 3.66. The SMILES string of the molecule is O=C(CNS(=O)(=O)c1cccs1)Nc1ccc2c(c1F)CCNC2. The van der Waals surface area contributed by atoms with E-state index in [0.717, 1.165) is 16.9 Å². The molecule has 9 heteroatoms. The summed E-state index contributed by atoms with van der Waals surface area (Å²) < 4.78 is 40.7. The molecule has 0 saturated carbocycles. The van der Waals surface area contributed by atoms with Gasteiger partial charge in [-0.15, -0.1) is 11.3 Å². The Labute approximate surface area is 143 Å². The first-order valence-electron chi connectivity index (χ1n) is 7.31. The van der Waals surface area contributed by atoms with Crippen molar-refractivity contribution in [3.8, 4) is 0 Å². The summed E-state index contributed by atoms with van der Waals surface area (Å²) in [7, 11) is -3.72. The Balaban J connectivity index is 1.65. The molecule has 1 amide bonds. The average Bonchev–Trinajstić information content (AvgIpc) is 3.11. The van der Waals surface area contributed by atoms with Crippen LogP contribution in [0.15, 0.2) is 33.9 Å². The van der Waals surface area contributed by atoms with Crippen LogP contribution < -0.4 is 15.4 Å². The molecule has 0 unspecified atom stereocenters. The van der Waals surface area contributed by atoms with E-state index in [1.54, 1.807) is 17.5 Å². The molecule has 1 aromatic heterocycles. The maximum absolute atomic E-state index is 14.4. The highest BCUT2D eigenvalue weighted by atomic mass is 32.2. The van der Waals surface area contributed by atoms with E-state index < -0.39 is 28.3 Å². The summed E-state index contributed by atoms with van der Waals surface area (Å²) in [6.07, 6.45) is 0.551. The fourth-order valence-corrected chi connectivity index (χ4v) is 4.49. The molecular weight excluding hydrogens is 353 g/mol. The van der Waals surface area contributed by atoms with Gasteiger partial charge in [-0.1, -0.05) is 12.1 Å². The van der Waals surface area contributed by atoms with Crippen molar-refractivity contribution in [2.24, 2.45) is 0 Å². The molecule has 128 valence electrons. The lowest BCUT2D eigenvalue weighted by atomic mass is 9.99. The third kappa shape index (κ3) is 3.64. The monoisotopic (exact) mass is 369 g/mol. The summed E-state index contributed by atoms with van der Waals surface area (Å²) in [4.78, 5) is 11.9. The van der Waals surface area contributed by atoms with Crippen LogP contribution in [0.4, 0.5) is 10.1 Å². The number of thiophene rings is 1. The Morgan fingerprint density at radius 2 is 2.17 bits per heavy atom. The van der Waals surface area contributed by atoms with E-state index >= 15 is 0 Å². The number of hydrogen-bond acceptors (Lipinski definition) is 5. The van der Waals surface area contributed by atoms with Crippen LogP contribution in [0.25, 0.3) is 0 Å². The van der Waals surface area contributed by atoms with E-state index in [2.05, 4.69) is 15.4 Å². The van der Waals surface area contributed by atoms with E-state index in [4.69, 9.17) is 0 Å². The van der Waals surface area contributed by atoms with Gasteiger partial charge in [-0.3, -0.25) is 4.79 Å². The third-order valence-corrected chi connectivity index (χ3v) is 6.46. The first-order valence-corrected chi connectivity index (χ1v) is 9.67. The normalized spacial score (nSPS) is 14.2. The van der Waals surface area contributed by atoms with Crippen molar-refractivity contribution in [1.82, 2.24) is 10.0 Å². The van der Waals surface area contributed by atoms with Gasteiger partial charge in [0.1, 0.15) is 10.0 Å². The summed E-state index contributed by atoms with van der Waals surface area (Å²) in [5, 5.41) is 7.20. The number of rotatable bonds is 5. The minimum atomic E-state index is -3.72. The van der Waals surface area contributed by atoms with E-state index in [1.165, 1.54) is 12.1 Å². The van der Waals surface area contributed by atoms with Crippen LogP contribution in [0.2, 0.25) is 0 Å². The predicted molar refractivity (Wildman–Crippen MR) is 89.9 cm³/mol. The molecule has 0 bridgehead atoms. The standard InChI is InChI=1S/C15H16FN3O3S2/c16-15-11-5-6-17-8-10(11)3-4-12(15)19-13(20)9-18-24(21,22)14-2-1-7-23-14/h1-4,7,17-18H,5-6,8-9H2,(H,19,20). The second kappa shape index (κ2) is 6.98. The number of nitrogens with one attached hydrogen (secondary N) is 3. The molecule has 0 aliphatic carbocycles. The molecule has 24 heavy (non-hydrogen) atoms. The lowest BCUT2D eigenvalue weighted by Crippen LogP contribution is -2.33. The number of fused-ring (bicyclic) bond motifs is 1. The molecule has 1 aromatic carbocycles. The van der Waals surface area contributed by atoms with E-state index in [0.29, 0.717) is 25.1 Å². The number of carbonyl (C=O) groups excluding carboxylic acids is 1. The van der Waals surface area contributed by atoms with Crippen molar-refractivity contribution in [2.45, 2.75) is 17.2 Å². The van der Waals surface area contributed by atoms with Crippen molar-refractivity contribution < 1.29 is 17.6 Å². The highest BCUT2D eigenvalue weighted by Gasteiger charge is 2.19. The first kappa shape index (κ1) is 17.0. The number of amides is 1. The molecule has 3 N–H and O–H groups in total. The number of hydrogen-bond donors (Lipinski definition) is 3. The summed E-state index contributed by atoms with van der Waals surface area (Å²) in [5.74, 6) is -1.08. The second-order valence-corrected chi connectivity index (χ2v) is 8.24. The smallest absolute Gasteiger partial charge is 0.250 e. The van der Waals surface area contributed by atoms with E-state index in [-0.39, 0.29) is 9.90 Å². The number of anilines is 1. The van der Waals surface area contributed by atoms with Crippen LogP contribution in [0.5, 0.6) is 0 Å². The molecule has 0 saturated heterocycles. The van der Waals surface area contributed by atoms with Gasteiger partial charge in [-0.2, -0.15) is 0 Å². The minimum Gasteiger partial charge on any atom is -0.322 e. The van der Waals surface area contributed by atoms with Crippen LogP contribution in [-0.2, 0) is 27.8 Å². The van der Waals surface area contributed by atoms with Gasteiger partial charge < -0.3 is 10.6 Å². The van der Waals surface area contributed by atoms with Crippen molar-refractivity contribution in [1.29, 1.82) is 0 Å². The van der Waals surface area contributed by atoms with Gasteiger partial charge >= 0.3 is 0 Å². The molecule has 1 aliphatic rings. The zero-order chi connectivity index (χ0) is 17.2. The Morgan fingerprint density at radius 1 is 1.33 bits per heavy atom. The molecule has 6 nitrogen and oxygen atoms in total. The fourth-order valence-electron chi connectivity index (χ4n) is 2.47. The van der Waals surface area contributed by atoms with E-state index in [9.17, 15) is 17.6 Å². The van der Waals surface area contributed by atoms with Crippen LogP contribution in [0.1, 0.15) is 11.1 Å². The molecule has 3 rings (SSSR count). The molecule has 0 atom stereocenters. The van der Waals surface area contributed by atoms with Crippen molar-refractivity contribution in [3.05, 3.63) is 46.6 Å². The van der Waals surface area contributed by atoms with Gasteiger partial charge in [0, 0.05) is 6.54 Å². The van der Waals surface area contributed by atoms with Crippen molar-refractivity contribution in [2.75, 3.05) is 18.4 Å². The second-order valence-electron chi connectivity index (χ2n) is 5.30. The number of carbonyl (C=O) groups is 1. The van der Waals surface area contributed by atoms with Gasteiger partial charge in [0.25, 0.3) is 10.0 Å². The Bertz CT molecular complexity index is 851. The summed E-state index contributed by atoms with van der Waals surface area (Å²) >= 11 is 1.06. The van der Waals surface area contributed by atoms with Crippen molar-refractivity contribution >= 4 is 33.0 Å². The van der Waals surface area contributed by atoms with Crippen LogP contribution in [0, 0.1) is 5.82 Å². The number of benzene rings is 1. The molecule has 1 aliphatic heterocycles. The zero-order valence-corrected chi connectivity index (χ0v) is 14.3. The minimum absolute atomic E-state index is 0.0657. The Kier molecular flexibility index (Phi) is 4.95. The quantitative estimate of drug-likeness (QED) is 0.744. The van der Waals surface area contributed by atoms with Gasteiger partial charge in [-0.25, -0.2) is 17.5 Å². The average molecular weight is 369 g/mol. The summed E-state index contributed by atoms with van der Waals surface area (Å²) in [6.45, 7) is 0.821. The maximum atomic E-state index is 14.4. The van der Waals surface area contributed by atoms with Crippen molar-refractivity contribution in [3.63, 3.8) is 0 Å². The molecule has 2 heterocycles. The lowest BCUT2D eigenvalue weighted by Gasteiger charge is -2.19. The van der Waals surface area contributed by atoms with Crippen LogP contribution in [0.3, 0.4) is 0 Å². The Morgan fingerprint density at radius 3 is 2.92 bits per heavy atom. The lowest BCUT2D eigenvalue weighted by molar-refractivity contribution is -0.115. The predicted octanol–water partition coefficient (Wildman–Crippen LogP) is 1.45.